The van der Waals surface area contributed by atoms with E-state index < -0.39 is 12.0 Å². The summed E-state index contributed by atoms with van der Waals surface area (Å²) in [6.07, 6.45) is 1.63. The molecule has 2 aliphatic rings. The van der Waals surface area contributed by atoms with Crippen molar-refractivity contribution in [1.82, 2.24) is 20.0 Å². The van der Waals surface area contributed by atoms with Gasteiger partial charge < -0.3 is 15.0 Å². The Hall–Kier alpha value is -3.62. The molecule has 0 spiro atoms. The fourth-order valence-electron chi connectivity index (χ4n) is 5.02. The van der Waals surface area contributed by atoms with E-state index in [0.717, 1.165) is 0 Å². The van der Waals surface area contributed by atoms with Crippen LogP contribution in [0.25, 0.3) is 0 Å². The molecule has 4 rings (SSSR count). The smallest absolute Gasteiger partial charge is 0.338 e. The second-order valence-corrected chi connectivity index (χ2v) is 9.80. The fraction of sp³-hybridized carbons (Fsp3) is 0.345. The largest absolute Gasteiger partial charge is 0.463 e. The number of hydrogen-bond donors (Lipinski definition) is 1. The van der Waals surface area contributed by atoms with Crippen molar-refractivity contribution in [2.75, 3.05) is 39.3 Å². The Bertz CT molecular complexity index is 1230. The maximum atomic E-state index is 13.3. The van der Waals surface area contributed by atoms with Gasteiger partial charge in [-0.05, 0) is 43.7 Å². The molecule has 1 fully saturated rings. The van der Waals surface area contributed by atoms with Crippen LogP contribution in [0.4, 0.5) is 4.79 Å². The Kier molecular flexibility index (Phi) is 8.86. The van der Waals surface area contributed by atoms with Crippen molar-refractivity contribution in [3.63, 3.8) is 0 Å². The molecule has 2 heterocycles. The predicted molar refractivity (Wildman–Crippen MR) is 147 cm³/mol. The average Bonchev–Trinajstić information content (AvgIpc) is 2.91. The molecule has 200 valence electrons. The van der Waals surface area contributed by atoms with E-state index in [1.54, 1.807) is 31.2 Å². The Labute approximate surface area is 228 Å². The highest BCUT2D eigenvalue weighted by Gasteiger charge is 2.39. The molecule has 2 aromatic rings. The minimum atomic E-state index is -0.713. The predicted octanol–water partition coefficient (Wildman–Crippen LogP) is 4.26. The number of rotatable bonds is 8. The Balaban J connectivity index is 1.66. The molecule has 0 saturated carbocycles. The van der Waals surface area contributed by atoms with Crippen LogP contribution >= 0.6 is 11.6 Å². The summed E-state index contributed by atoms with van der Waals surface area (Å²) >= 11 is 6.25. The maximum absolute atomic E-state index is 13.3. The van der Waals surface area contributed by atoms with Gasteiger partial charge >= 0.3 is 12.0 Å². The number of urea groups is 1. The number of benzene rings is 2. The van der Waals surface area contributed by atoms with Crippen molar-refractivity contribution in [2.45, 2.75) is 25.9 Å². The molecule has 2 aliphatic heterocycles. The molecular formula is C29H33ClN4O4. The molecule has 8 nitrogen and oxygen atoms in total. The number of hydrogen-bond acceptors (Lipinski definition) is 5. The lowest BCUT2D eigenvalue weighted by molar-refractivity contribution is -0.139. The molecule has 3 amide bonds. The fourth-order valence-corrected chi connectivity index (χ4v) is 5.22. The van der Waals surface area contributed by atoms with E-state index in [1.807, 2.05) is 48.2 Å². The summed E-state index contributed by atoms with van der Waals surface area (Å²) in [5.41, 5.74) is 2.28. The maximum Gasteiger partial charge on any atom is 0.338 e. The zero-order valence-corrected chi connectivity index (χ0v) is 22.5. The lowest BCUT2D eigenvalue weighted by Gasteiger charge is -2.43. The normalized spacial score (nSPS) is 20.2. The van der Waals surface area contributed by atoms with E-state index in [-0.39, 0.29) is 31.1 Å². The molecule has 2 atom stereocenters. The van der Waals surface area contributed by atoms with E-state index >= 15 is 0 Å². The van der Waals surface area contributed by atoms with Crippen molar-refractivity contribution >= 4 is 29.5 Å². The van der Waals surface area contributed by atoms with Gasteiger partial charge in [-0.25, -0.2) is 9.59 Å². The number of carbonyl (C=O) groups excluding carboxylic acids is 3. The number of nitrogens with zero attached hydrogens (tertiary/aromatic N) is 3. The molecule has 9 heteroatoms. The molecule has 0 radical (unpaired) electrons. The third kappa shape index (κ3) is 5.92. The summed E-state index contributed by atoms with van der Waals surface area (Å²) in [6.45, 7) is 10.0. The molecule has 0 unspecified atom stereocenters. The van der Waals surface area contributed by atoms with Gasteiger partial charge in [0, 0.05) is 55.0 Å². The first-order chi connectivity index (χ1) is 18.3. The second-order valence-electron chi connectivity index (χ2n) is 9.37. The first-order valence-electron chi connectivity index (χ1n) is 12.8. The van der Waals surface area contributed by atoms with E-state index in [2.05, 4.69) is 16.8 Å². The number of ether oxygens (including phenoxy) is 1. The van der Waals surface area contributed by atoms with Crippen LogP contribution in [0.3, 0.4) is 0 Å². The van der Waals surface area contributed by atoms with Crippen molar-refractivity contribution in [3.8, 4) is 0 Å². The first-order valence-corrected chi connectivity index (χ1v) is 13.1. The van der Waals surface area contributed by atoms with Gasteiger partial charge in [-0.15, -0.1) is 6.58 Å². The van der Waals surface area contributed by atoms with Crippen LogP contribution in [-0.2, 0) is 9.53 Å². The summed E-state index contributed by atoms with van der Waals surface area (Å²) in [5.74, 6) is -0.497. The standard InChI is InChI=1S/C29H33ClN4O4/c1-4-14-34-24(19-32-15-16-33(20(3)18-32)27(35)21-10-7-6-8-11-21)25(28(36)38-5-2)26(31-29(34)37)22-12-9-13-23(30)17-22/h4,6-13,17,20,26H,1,5,14-16,18-19H2,2-3H3,(H,31,37)/t20-,26+/m0/s1. The quantitative estimate of drug-likeness (QED) is 0.403. The highest BCUT2D eigenvalue weighted by Crippen LogP contribution is 2.33. The molecule has 38 heavy (non-hydrogen) atoms. The third-order valence-electron chi connectivity index (χ3n) is 6.79. The SMILES string of the molecule is C=CCN1C(=O)N[C@H](c2cccc(Cl)c2)C(C(=O)OCC)=C1CN1CCN(C(=O)c2ccccc2)[C@@H](C)C1. The molecule has 1 saturated heterocycles. The zero-order chi connectivity index (χ0) is 27.2. The van der Waals surface area contributed by atoms with Crippen molar-refractivity contribution in [3.05, 3.63) is 94.7 Å². The van der Waals surface area contributed by atoms with Crippen LogP contribution in [0.1, 0.15) is 35.8 Å². The molecule has 0 aromatic heterocycles. The van der Waals surface area contributed by atoms with Gasteiger partial charge in [-0.3, -0.25) is 14.6 Å². The number of amides is 3. The van der Waals surface area contributed by atoms with Crippen molar-refractivity contribution < 1.29 is 19.1 Å². The minimum absolute atomic E-state index is 0.00414. The monoisotopic (exact) mass is 536 g/mol. The highest BCUT2D eigenvalue weighted by atomic mass is 35.5. The summed E-state index contributed by atoms with van der Waals surface area (Å²) < 4.78 is 5.46. The number of piperazine rings is 1. The summed E-state index contributed by atoms with van der Waals surface area (Å²) in [7, 11) is 0. The summed E-state index contributed by atoms with van der Waals surface area (Å²) in [4.78, 5) is 45.3. The van der Waals surface area contributed by atoms with Crippen molar-refractivity contribution in [2.24, 2.45) is 0 Å². The van der Waals surface area contributed by atoms with Gasteiger partial charge in [0.25, 0.3) is 5.91 Å². The van der Waals surface area contributed by atoms with Crippen molar-refractivity contribution in [1.29, 1.82) is 0 Å². The Morgan fingerprint density at radius 1 is 1.16 bits per heavy atom. The Morgan fingerprint density at radius 2 is 1.92 bits per heavy atom. The van der Waals surface area contributed by atoms with Gasteiger partial charge in [0.05, 0.1) is 18.2 Å². The topological polar surface area (TPSA) is 82.2 Å². The van der Waals surface area contributed by atoms with E-state index in [4.69, 9.17) is 16.3 Å². The van der Waals surface area contributed by atoms with Gasteiger partial charge in [0.2, 0.25) is 0 Å². The molecule has 0 aliphatic carbocycles. The van der Waals surface area contributed by atoms with Crippen LogP contribution in [0.2, 0.25) is 5.02 Å². The van der Waals surface area contributed by atoms with Crippen LogP contribution in [0, 0.1) is 0 Å². The van der Waals surface area contributed by atoms with E-state index in [0.29, 0.717) is 53.6 Å². The van der Waals surface area contributed by atoms with Crippen LogP contribution in [-0.4, -0.2) is 78.0 Å². The van der Waals surface area contributed by atoms with E-state index in [1.165, 1.54) is 4.90 Å². The van der Waals surface area contributed by atoms with Gasteiger partial charge in [-0.2, -0.15) is 0 Å². The highest BCUT2D eigenvalue weighted by molar-refractivity contribution is 6.30. The first kappa shape index (κ1) is 27.4. The number of esters is 1. The molecule has 0 bridgehead atoms. The summed E-state index contributed by atoms with van der Waals surface area (Å²) in [6, 6.07) is 15.2. The number of nitrogens with one attached hydrogen (secondary N) is 1. The molecule has 1 N–H and O–H groups in total. The van der Waals surface area contributed by atoms with Gasteiger partial charge in [-0.1, -0.05) is 48.0 Å². The molecule has 2 aromatic carbocycles. The van der Waals surface area contributed by atoms with Gasteiger partial charge in [0.15, 0.2) is 0 Å². The van der Waals surface area contributed by atoms with Gasteiger partial charge in [0.1, 0.15) is 0 Å². The lowest BCUT2D eigenvalue weighted by Crippen LogP contribution is -2.56. The third-order valence-corrected chi connectivity index (χ3v) is 7.03. The lowest BCUT2D eigenvalue weighted by atomic mass is 9.94. The Morgan fingerprint density at radius 3 is 2.58 bits per heavy atom. The minimum Gasteiger partial charge on any atom is -0.463 e. The number of carbonyl (C=O) groups is 3. The second kappa shape index (κ2) is 12.3. The van der Waals surface area contributed by atoms with E-state index in [9.17, 15) is 14.4 Å². The average molecular weight is 537 g/mol. The van der Waals surface area contributed by atoms with Crippen LogP contribution in [0.5, 0.6) is 0 Å². The number of halogens is 1. The zero-order valence-electron chi connectivity index (χ0n) is 21.7. The van der Waals surface area contributed by atoms with Crippen LogP contribution < -0.4 is 5.32 Å². The summed E-state index contributed by atoms with van der Waals surface area (Å²) in [5, 5.41) is 3.45. The molecular weight excluding hydrogens is 504 g/mol. The van der Waals surface area contributed by atoms with Crippen LogP contribution in [0.15, 0.2) is 78.5 Å².